The molecule has 2 rings (SSSR count). The zero-order valence-corrected chi connectivity index (χ0v) is 13.4. The van der Waals surface area contributed by atoms with Gasteiger partial charge in [0.1, 0.15) is 5.69 Å². The Kier molecular flexibility index (Phi) is 5.53. The van der Waals surface area contributed by atoms with Crippen LogP contribution in [0.1, 0.15) is 41.4 Å². The van der Waals surface area contributed by atoms with Crippen molar-refractivity contribution in [1.29, 1.82) is 0 Å². The lowest BCUT2D eigenvalue weighted by molar-refractivity contribution is 0.0948. The fourth-order valence-corrected chi connectivity index (χ4v) is 2.26. The summed E-state index contributed by atoms with van der Waals surface area (Å²) in [5, 5.41) is 6.27. The average molecular weight is 297 g/mol. The maximum Gasteiger partial charge on any atom is 0.269 e. The fourth-order valence-electron chi connectivity index (χ4n) is 2.26. The number of carbonyl (C=O) groups excluding carboxylic acids is 1. The van der Waals surface area contributed by atoms with Crippen LogP contribution >= 0.6 is 0 Å². The van der Waals surface area contributed by atoms with Crippen molar-refractivity contribution in [3.63, 3.8) is 0 Å². The van der Waals surface area contributed by atoms with E-state index in [1.807, 2.05) is 12.1 Å². The third kappa shape index (κ3) is 4.07. The van der Waals surface area contributed by atoms with E-state index in [0.717, 1.165) is 24.2 Å². The number of rotatable bonds is 6. The van der Waals surface area contributed by atoms with E-state index in [4.69, 9.17) is 0 Å². The lowest BCUT2D eigenvalue weighted by Gasteiger charge is -2.13. The summed E-state index contributed by atoms with van der Waals surface area (Å²) in [5.74, 6) is -0.126. The summed E-state index contributed by atoms with van der Waals surface area (Å²) in [6, 6.07) is 9.82. The highest BCUT2D eigenvalue weighted by Gasteiger charge is 2.08. The lowest BCUT2D eigenvalue weighted by atomic mass is 10.1. The normalized spacial score (nSPS) is 10.3. The predicted molar refractivity (Wildman–Crippen MR) is 90.7 cm³/mol. The van der Waals surface area contributed by atoms with Crippen LogP contribution in [0.5, 0.6) is 0 Å². The van der Waals surface area contributed by atoms with Gasteiger partial charge in [0.25, 0.3) is 5.91 Å². The molecule has 0 aliphatic carbocycles. The minimum atomic E-state index is -0.126. The maximum atomic E-state index is 12.1. The van der Waals surface area contributed by atoms with Gasteiger partial charge in [-0.1, -0.05) is 31.5 Å². The van der Waals surface area contributed by atoms with E-state index in [-0.39, 0.29) is 5.91 Å². The van der Waals surface area contributed by atoms with Gasteiger partial charge in [-0.25, -0.2) is 0 Å². The smallest absolute Gasteiger partial charge is 0.269 e. The van der Waals surface area contributed by atoms with Crippen molar-refractivity contribution in [1.82, 2.24) is 10.3 Å². The first kappa shape index (κ1) is 16.0. The molecule has 0 unspecified atom stereocenters. The van der Waals surface area contributed by atoms with Gasteiger partial charge in [-0.05, 0) is 43.5 Å². The van der Waals surface area contributed by atoms with Crippen molar-refractivity contribution in [3.05, 3.63) is 53.3 Å². The Bertz CT molecular complexity index is 632. The number of pyridine rings is 1. The van der Waals surface area contributed by atoms with Gasteiger partial charge in [0.15, 0.2) is 0 Å². The molecule has 0 aliphatic rings. The topological polar surface area (TPSA) is 54.0 Å². The number of nitrogens with zero attached hydrogens (tertiary/aromatic N) is 1. The first-order valence-electron chi connectivity index (χ1n) is 7.69. The predicted octanol–water partition coefficient (Wildman–Crippen LogP) is 3.97. The molecule has 0 radical (unpaired) electrons. The van der Waals surface area contributed by atoms with E-state index in [1.54, 1.807) is 12.3 Å². The molecule has 2 aromatic rings. The number of nitrogens with one attached hydrogen (secondary N) is 2. The van der Waals surface area contributed by atoms with E-state index in [1.165, 1.54) is 11.1 Å². The molecule has 0 fully saturated rings. The van der Waals surface area contributed by atoms with Gasteiger partial charge in [-0.2, -0.15) is 0 Å². The third-order valence-corrected chi connectivity index (χ3v) is 3.56. The standard InChI is InChI=1S/C18H23N3O/c1-4-5-10-20-18(22)16-12-15(9-11-19-16)21-17-13(2)7-6-8-14(17)3/h6-9,11-12H,4-5,10H2,1-3H3,(H,19,21)(H,20,22). The molecule has 1 heterocycles. The van der Waals surface area contributed by atoms with E-state index in [9.17, 15) is 4.79 Å². The third-order valence-electron chi connectivity index (χ3n) is 3.56. The minimum absolute atomic E-state index is 0.126. The second-order valence-corrected chi connectivity index (χ2v) is 5.43. The molecule has 1 aromatic heterocycles. The summed E-state index contributed by atoms with van der Waals surface area (Å²) in [7, 11) is 0. The quantitative estimate of drug-likeness (QED) is 0.793. The average Bonchev–Trinajstić information content (AvgIpc) is 2.51. The van der Waals surface area contributed by atoms with E-state index < -0.39 is 0 Å². The molecule has 0 saturated heterocycles. The van der Waals surface area contributed by atoms with Gasteiger partial charge in [0.05, 0.1) is 0 Å². The second-order valence-electron chi connectivity index (χ2n) is 5.43. The number of aryl methyl sites for hydroxylation is 2. The monoisotopic (exact) mass is 297 g/mol. The summed E-state index contributed by atoms with van der Waals surface area (Å²) in [5.41, 5.74) is 4.72. The SMILES string of the molecule is CCCCNC(=O)c1cc(Nc2c(C)cccc2C)ccn1. The highest BCUT2D eigenvalue weighted by Crippen LogP contribution is 2.24. The Balaban J connectivity index is 2.13. The zero-order chi connectivity index (χ0) is 15.9. The Morgan fingerprint density at radius 3 is 2.59 bits per heavy atom. The molecule has 0 spiro atoms. The van der Waals surface area contributed by atoms with Gasteiger partial charge in [-0.15, -0.1) is 0 Å². The summed E-state index contributed by atoms with van der Waals surface area (Å²) >= 11 is 0. The summed E-state index contributed by atoms with van der Waals surface area (Å²) < 4.78 is 0. The van der Waals surface area contributed by atoms with Gasteiger partial charge in [0.2, 0.25) is 0 Å². The largest absolute Gasteiger partial charge is 0.355 e. The first-order chi connectivity index (χ1) is 10.6. The van der Waals surface area contributed by atoms with Crippen LogP contribution in [0, 0.1) is 13.8 Å². The minimum Gasteiger partial charge on any atom is -0.355 e. The van der Waals surface area contributed by atoms with Crippen LogP contribution in [-0.4, -0.2) is 17.4 Å². The number of para-hydroxylation sites is 1. The van der Waals surface area contributed by atoms with Crippen LogP contribution in [-0.2, 0) is 0 Å². The van der Waals surface area contributed by atoms with Gasteiger partial charge in [-0.3, -0.25) is 9.78 Å². The first-order valence-corrected chi connectivity index (χ1v) is 7.69. The molecule has 0 atom stereocenters. The Morgan fingerprint density at radius 2 is 1.91 bits per heavy atom. The van der Waals surface area contributed by atoms with Gasteiger partial charge in [0, 0.05) is 24.1 Å². The number of hydrogen-bond acceptors (Lipinski definition) is 3. The van der Waals surface area contributed by atoms with Crippen molar-refractivity contribution >= 4 is 17.3 Å². The number of anilines is 2. The molecule has 0 aliphatic heterocycles. The Labute approximate surface area is 132 Å². The van der Waals surface area contributed by atoms with Gasteiger partial charge >= 0.3 is 0 Å². The van der Waals surface area contributed by atoms with Crippen LogP contribution < -0.4 is 10.6 Å². The zero-order valence-electron chi connectivity index (χ0n) is 13.4. The Hall–Kier alpha value is -2.36. The molecule has 4 nitrogen and oxygen atoms in total. The van der Waals surface area contributed by atoms with Crippen LogP contribution in [0.15, 0.2) is 36.5 Å². The van der Waals surface area contributed by atoms with E-state index in [0.29, 0.717) is 12.2 Å². The van der Waals surface area contributed by atoms with E-state index in [2.05, 4.69) is 48.5 Å². The molecule has 4 heteroatoms. The van der Waals surface area contributed by atoms with Crippen molar-refractivity contribution < 1.29 is 4.79 Å². The molecular formula is C18H23N3O. The fraction of sp³-hybridized carbons (Fsp3) is 0.333. The Morgan fingerprint density at radius 1 is 1.18 bits per heavy atom. The van der Waals surface area contributed by atoms with Crippen molar-refractivity contribution in [3.8, 4) is 0 Å². The number of amides is 1. The number of unbranched alkanes of at least 4 members (excludes halogenated alkanes) is 1. The molecule has 2 N–H and O–H groups in total. The molecule has 1 amide bonds. The van der Waals surface area contributed by atoms with Crippen molar-refractivity contribution in [2.45, 2.75) is 33.6 Å². The van der Waals surface area contributed by atoms with Crippen LogP contribution in [0.2, 0.25) is 0 Å². The van der Waals surface area contributed by atoms with Gasteiger partial charge < -0.3 is 10.6 Å². The molecule has 116 valence electrons. The van der Waals surface area contributed by atoms with Crippen LogP contribution in [0.3, 0.4) is 0 Å². The lowest BCUT2D eigenvalue weighted by Crippen LogP contribution is -2.25. The second kappa shape index (κ2) is 7.59. The van der Waals surface area contributed by atoms with Crippen molar-refractivity contribution in [2.24, 2.45) is 0 Å². The van der Waals surface area contributed by atoms with Crippen molar-refractivity contribution in [2.75, 3.05) is 11.9 Å². The summed E-state index contributed by atoms with van der Waals surface area (Å²) in [6.07, 6.45) is 3.69. The number of hydrogen-bond donors (Lipinski definition) is 2. The molecule has 1 aromatic carbocycles. The molecule has 0 bridgehead atoms. The highest BCUT2D eigenvalue weighted by atomic mass is 16.1. The summed E-state index contributed by atoms with van der Waals surface area (Å²) in [6.45, 7) is 6.91. The maximum absolute atomic E-state index is 12.1. The number of benzene rings is 1. The summed E-state index contributed by atoms with van der Waals surface area (Å²) in [4.78, 5) is 16.2. The van der Waals surface area contributed by atoms with Crippen LogP contribution in [0.25, 0.3) is 0 Å². The highest BCUT2D eigenvalue weighted by molar-refractivity contribution is 5.93. The van der Waals surface area contributed by atoms with Crippen LogP contribution in [0.4, 0.5) is 11.4 Å². The molecular weight excluding hydrogens is 274 g/mol. The number of carbonyl (C=O) groups is 1. The molecule has 22 heavy (non-hydrogen) atoms. The van der Waals surface area contributed by atoms with E-state index >= 15 is 0 Å². The number of aromatic nitrogens is 1. The molecule has 0 saturated carbocycles.